The maximum absolute atomic E-state index is 5.46. The van der Waals surface area contributed by atoms with Crippen molar-refractivity contribution in [3.8, 4) is 11.1 Å². The molecule has 1 aliphatic heterocycles. The lowest BCUT2D eigenvalue weighted by molar-refractivity contribution is 0.530. The molecular weight excluding hydrogens is 462 g/mol. The zero-order valence-corrected chi connectivity index (χ0v) is 21.5. The normalized spacial score (nSPS) is 18.9. The highest BCUT2D eigenvalue weighted by Crippen LogP contribution is 2.55. The van der Waals surface area contributed by atoms with E-state index in [1.165, 1.54) is 49.6 Å². The zero-order valence-electron chi connectivity index (χ0n) is 21.5. The van der Waals surface area contributed by atoms with Crippen molar-refractivity contribution < 1.29 is 0 Å². The van der Waals surface area contributed by atoms with E-state index in [4.69, 9.17) is 5.32 Å². The van der Waals surface area contributed by atoms with Gasteiger partial charge in [-0.05, 0) is 40.6 Å². The predicted octanol–water partition coefficient (Wildman–Crippen LogP) is 9.47. The molecule has 0 spiro atoms. The van der Waals surface area contributed by atoms with Crippen molar-refractivity contribution in [2.75, 3.05) is 5.32 Å². The lowest BCUT2D eigenvalue weighted by Gasteiger charge is -2.48. The van der Waals surface area contributed by atoms with E-state index < -0.39 is 0 Å². The van der Waals surface area contributed by atoms with Crippen LogP contribution in [0, 0.1) is 0 Å². The van der Waals surface area contributed by atoms with Crippen molar-refractivity contribution in [1.29, 1.82) is 0 Å². The minimum atomic E-state index is -0.155. The summed E-state index contributed by atoms with van der Waals surface area (Å²) in [7, 11) is 0. The van der Waals surface area contributed by atoms with E-state index in [-0.39, 0.29) is 17.6 Å². The maximum atomic E-state index is 5.46. The summed E-state index contributed by atoms with van der Waals surface area (Å²) in [5, 5.41) is 11.9. The fraction of sp³-hybridized carbons (Fsp3) is 0.143. The Labute approximate surface area is 222 Å². The number of para-hydroxylation sites is 3. The number of nitrogens with zero attached hydrogens (tertiary/aromatic N) is 2. The molecule has 8 rings (SSSR count). The highest BCUT2D eigenvalue weighted by molar-refractivity contribution is 6.15. The number of nitrogens with one attached hydrogen (secondary N) is 1. The maximum Gasteiger partial charge on any atom is 0.0563 e. The number of rotatable bonds is 2. The van der Waals surface area contributed by atoms with Crippen LogP contribution >= 0.6 is 0 Å². The van der Waals surface area contributed by atoms with Gasteiger partial charge in [-0.1, -0.05) is 117 Å². The molecule has 2 unspecified atom stereocenters. The van der Waals surface area contributed by atoms with E-state index in [2.05, 4.69) is 139 Å². The second kappa shape index (κ2) is 7.75. The summed E-state index contributed by atoms with van der Waals surface area (Å²) in [6.07, 6.45) is -0.155. The molecule has 0 fully saturated rings. The van der Waals surface area contributed by atoms with Gasteiger partial charge in [0.15, 0.2) is 0 Å². The Bertz CT molecular complexity index is 1860. The lowest BCUT2D eigenvalue weighted by atomic mass is 9.82. The molecular formula is C35H28N3-. The second-order valence-corrected chi connectivity index (χ2v) is 11.0. The summed E-state index contributed by atoms with van der Waals surface area (Å²) in [4.78, 5) is 0. The van der Waals surface area contributed by atoms with E-state index in [0.29, 0.717) is 0 Å². The molecule has 2 atom stereocenters. The molecule has 2 heterocycles. The van der Waals surface area contributed by atoms with Gasteiger partial charge in [-0.15, -0.1) is 5.69 Å². The largest absolute Gasteiger partial charge is 0.661 e. The Morgan fingerprint density at radius 3 is 2.32 bits per heavy atom. The van der Waals surface area contributed by atoms with Gasteiger partial charge in [0.25, 0.3) is 0 Å². The third-order valence-corrected chi connectivity index (χ3v) is 8.62. The smallest absolute Gasteiger partial charge is 0.0563 e. The van der Waals surface area contributed by atoms with Crippen molar-refractivity contribution in [1.82, 2.24) is 4.57 Å². The Morgan fingerprint density at radius 2 is 1.42 bits per heavy atom. The SMILES string of the molecule is CC1(C)c2ccccc2-c2c1ccc1c3ccccc3n(C3[N-]c4ccccc4NC3c3ccccc3)c21. The summed E-state index contributed by atoms with van der Waals surface area (Å²) >= 11 is 0. The third-order valence-electron chi connectivity index (χ3n) is 8.62. The van der Waals surface area contributed by atoms with Gasteiger partial charge in [-0.25, -0.2) is 0 Å². The van der Waals surface area contributed by atoms with Crippen molar-refractivity contribution >= 4 is 33.2 Å². The highest BCUT2D eigenvalue weighted by Gasteiger charge is 2.38. The molecule has 1 aliphatic carbocycles. The topological polar surface area (TPSA) is 31.1 Å². The van der Waals surface area contributed by atoms with Crippen LogP contribution in [0.15, 0.2) is 115 Å². The average Bonchev–Trinajstić information content (AvgIpc) is 3.42. The molecule has 0 saturated carbocycles. The summed E-state index contributed by atoms with van der Waals surface area (Å²) in [5.74, 6) is 0. The van der Waals surface area contributed by atoms with Gasteiger partial charge >= 0.3 is 0 Å². The summed E-state index contributed by atoms with van der Waals surface area (Å²) < 4.78 is 2.52. The number of hydrogen-bond acceptors (Lipinski definition) is 1. The first-order valence-electron chi connectivity index (χ1n) is 13.4. The molecule has 2 aliphatic rings. The molecule has 38 heavy (non-hydrogen) atoms. The first kappa shape index (κ1) is 21.6. The van der Waals surface area contributed by atoms with Gasteiger partial charge in [-0.3, -0.25) is 0 Å². The van der Waals surface area contributed by atoms with Crippen LogP contribution in [0.2, 0.25) is 0 Å². The van der Waals surface area contributed by atoms with Gasteiger partial charge in [0.1, 0.15) is 0 Å². The Hall–Kier alpha value is -4.50. The van der Waals surface area contributed by atoms with E-state index in [0.717, 1.165) is 11.4 Å². The Balaban J connectivity index is 1.49. The summed E-state index contributed by atoms with van der Waals surface area (Å²) in [5.41, 5.74) is 11.2. The van der Waals surface area contributed by atoms with Gasteiger partial charge in [-0.2, -0.15) is 0 Å². The van der Waals surface area contributed by atoms with Crippen molar-refractivity contribution in [3.05, 3.63) is 137 Å². The minimum absolute atomic E-state index is 0.00869. The van der Waals surface area contributed by atoms with Crippen LogP contribution in [0.5, 0.6) is 0 Å². The van der Waals surface area contributed by atoms with Crippen LogP contribution in [0.4, 0.5) is 11.4 Å². The fourth-order valence-corrected chi connectivity index (χ4v) is 6.84. The quantitative estimate of drug-likeness (QED) is 0.257. The zero-order chi connectivity index (χ0) is 25.4. The fourth-order valence-electron chi connectivity index (χ4n) is 6.84. The molecule has 1 aromatic heterocycles. The van der Waals surface area contributed by atoms with Crippen LogP contribution in [-0.2, 0) is 5.41 Å². The second-order valence-electron chi connectivity index (χ2n) is 11.0. The van der Waals surface area contributed by atoms with Crippen LogP contribution in [0.25, 0.3) is 38.2 Å². The minimum Gasteiger partial charge on any atom is -0.661 e. The first-order chi connectivity index (χ1) is 18.6. The standard InChI is InChI=1S/C35H28N3/c1-35(2)26-16-8-6-15-25(26)31-27(35)21-20-24-23-14-7-11-19-30(23)38(33(24)31)34-32(22-12-4-3-5-13-22)36-28-17-9-10-18-29(28)37-34/h3-21,32,34,36H,1-2H3/q-1. The summed E-state index contributed by atoms with van der Waals surface area (Å²) in [6.45, 7) is 4.71. The Kier molecular flexibility index (Phi) is 4.40. The molecule has 0 bridgehead atoms. The lowest BCUT2D eigenvalue weighted by Crippen LogP contribution is -2.26. The molecule has 0 radical (unpaired) electrons. The average molecular weight is 491 g/mol. The number of hydrogen-bond donors (Lipinski definition) is 1. The highest BCUT2D eigenvalue weighted by atomic mass is 15.3. The van der Waals surface area contributed by atoms with E-state index in [1.54, 1.807) is 0 Å². The first-order valence-corrected chi connectivity index (χ1v) is 13.4. The molecule has 0 amide bonds. The third kappa shape index (κ3) is 2.84. The molecule has 0 saturated heterocycles. The Morgan fingerprint density at radius 1 is 0.684 bits per heavy atom. The van der Waals surface area contributed by atoms with Crippen molar-refractivity contribution in [2.24, 2.45) is 0 Å². The molecule has 1 N–H and O–H groups in total. The molecule has 6 aromatic rings. The van der Waals surface area contributed by atoms with Crippen molar-refractivity contribution in [3.63, 3.8) is 0 Å². The number of aromatic nitrogens is 1. The van der Waals surface area contributed by atoms with E-state index in [9.17, 15) is 0 Å². The van der Waals surface area contributed by atoms with Crippen LogP contribution in [-0.4, -0.2) is 4.57 Å². The van der Waals surface area contributed by atoms with Crippen LogP contribution < -0.4 is 5.32 Å². The number of benzene rings is 5. The van der Waals surface area contributed by atoms with Gasteiger partial charge in [0.2, 0.25) is 0 Å². The van der Waals surface area contributed by atoms with Gasteiger partial charge < -0.3 is 15.2 Å². The number of anilines is 1. The molecule has 3 nitrogen and oxygen atoms in total. The van der Waals surface area contributed by atoms with E-state index >= 15 is 0 Å². The van der Waals surface area contributed by atoms with E-state index in [1.807, 2.05) is 0 Å². The molecule has 184 valence electrons. The molecule has 3 heteroatoms. The van der Waals surface area contributed by atoms with Crippen LogP contribution in [0.3, 0.4) is 0 Å². The number of fused-ring (bicyclic) bond motifs is 8. The van der Waals surface area contributed by atoms with Crippen LogP contribution in [0.1, 0.15) is 42.7 Å². The van der Waals surface area contributed by atoms with Gasteiger partial charge in [0.05, 0.1) is 11.6 Å². The van der Waals surface area contributed by atoms with Crippen molar-refractivity contribution in [2.45, 2.75) is 31.5 Å². The molecule has 5 aromatic carbocycles. The monoisotopic (exact) mass is 490 g/mol. The summed E-state index contributed by atoms with van der Waals surface area (Å²) in [6, 6.07) is 41.6. The van der Waals surface area contributed by atoms with Gasteiger partial charge in [0, 0.05) is 33.0 Å². The predicted molar refractivity (Wildman–Crippen MR) is 158 cm³/mol.